The Morgan fingerprint density at radius 1 is 1.73 bits per heavy atom. The van der Waals surface area contributed by atoms with E-state index in [4.69, 9.17) is 0 Å². The van der Waals surface area contributed by atoms with Crippen LogP contribution < -0.4 is 5.32 Å². The first-order valence-electron chi connectivity index (χ1n) is 3.11. The summed E-state index contributed by atoms with van der Waals surface area (Å²) in [4.78, 5) is 3.71. The van der Waals surface area contributed by atoms with Gasteiger partial charge in [0, 0.05) is 11.9 Å². The maximum atomic E-state index is 11.9. The summed E-state index contributed by atoms with van der Waals surface area (Å²) in [6, 6.07) is 0. The van der Waals surface area contributed by atoms with Crippen molar-refractivity contribution < 1.29 is 8.78 Å². The van der Waals surface area contributed by atoms with Crippen LogP contribution in [0.4, 0.5) is 8.78 Å². The zero-order chi connectivity index (χ0) is 8.27. The van der Waals surface area contributed by atoms with Gasteiger partial charge in [0.05, 0.1) is 0 Å². The van der Waals surface area contributed by atoms with E-state index >= 15 is 0 Å². The van der Waals surface area contributed by atoms with E-state index in [-0.39, 0.29) is 5.69 Å². The van der Waals surface area contributed by atoms with Gasteiger partial charge >= 0.3 is 0 Å². The normalized spacial score (nSPS) is 10.9. The summed E-state index contributed by atoms with van der Waals surface area (Å²) in [6.45, 7) is 0.553. The Morgan fingerprint density at radius 3 is 2.91 bits per heavy atom. The van der Waals surface area contributed by atoms with E-state index in [1.807, 2.05) is 0 Å². The first kappa shape index (κ1) is 8.55. The molecule has 1 aromatic rings. The van der Waals surface area contributed by atoms with E-state index in [9.17, 15) is 8.78 Å². The average molecular weight is 178 g/mol. The largest absolute Gasteiger partial charge is 0.314 e. The van der Waals surface area contributed by atoms with Gasteiger partial charge in [0.2, 0.25) is 0 Å². The average Bonchev–Trinajstić information content (AvgIpc) is 2.37. The van der Waals surface area contributed by atoms with Crippen molar-refractivity contribution in [2.45, 2.75) is 13.0 Å². The molecule has 0 saturated heterocycles. The van der Waals surface area contributed by atoms with Crippen molar-refractivity contribution in [1.82, 2.24) is 10.3 Å². The number of rotatable bonds is 3. The van der Waals surface area contributed by atoms with Crippen LogP contribution >= 0.6 is 11.3 Å². The van der Waals surface area contributed by atoms with Crippen molar-refractivity contribution in [2.75, 3.05) is 7.05 Å². The lowest BCUT2D eigenvalue weighted by Gasteiger charge is -1.91. The summed E-state index contributed by atoms with van der Waals surface area (Å²) in [7, 11) is 1.75. The Kier molecular flexibility index (Phi) is 2.90. The molecule has 0 aliphatic rings. The molecule has 0 aliphatic carbocycles. The van der Waals surface area contributed by atoms with Crippen LogP contribution in [0.15, 0.2) is 5.38 Å². The second kappa shape index (κ2) is 3.73. The molecule has 2 nitrogen and oxygen atoms in total. The molecule has 0 bridgehead atoms. The highest BCUT2D eigenvalue weighted by Gasteiger charge is 2.10. The minimum atomic E-state index is -2.45. The third-order valence-electron chi connectivity index (χ3n) is 1.12. The maximum Gasteiger partial charge on any atom is 0.281 e. The minimum absolute atomic E-state index is 0.125. The van der Waals surface area contributed by atoms with Gasteiger partial charge in [0.1, 0.15) is 10.7 Å². The summed E-state index contributed by atoms with van der Waals surface area (Å²) in [5, 5.41) is 4.92. The van der Waals surface area contributed by atoms with Crippen LogP contribution in [0.2, 0.25) is 0 Å². The Morgan fingerprint density at radius 2 is 2.45 bits per heavy atom. The summed E-state index contributed by atoms with van der Waals surface area (Å²) in [6.07, 6.45) is -2.45. The van der Waals surface area contributed by atoms with Crippen LogP contribution in [0.25, 0.3) is 0 Å². The van der Waals surface area contributed by atoms with Crippen LogP contribution in [-0.2, 0) is 6.54 Å². The Labute approximate surface area is 67.3 Å². The molecule has 0 atom stereocenters. The van der Waals surface area contributed by atoms with E-state index in [0.29, 0.717) is 11.6 Å². The van der Waals surface area contributed by atoms with Crippen molar-refractivity contribution in [3.8, 4) is 0 Å². The molecule has 0 saturated carbocycles. The number of thiazole rings is 1. The SMILES string of the molecule is CNCc1nc(C(F)F)cs1. The second-order valence-corrected chi connectivity index (χ2v) is 2.94. The molecule has 0 spiro atoms. The molecule has 0 amide bonds. The lowest BCUT2D eigenvalue weighted by molar-refractivity contribution is 0.146. The topological polar surface area (TPSA) is 24.9 Å². The number of halogens is 2. The maximum absolute atomic E-state index is 11.9. The van der Waals surface area contributed by atoms with Gasteiger partial charge in [-0.25, -0.2) is 13.8 Å². The van der Waals surface area contributed by atoms with Gasteiger partial charge in [0.25, 0.3) is 6.43 Å². The fourth-order valence-corrected chi connectivity index (χ4v) is 1.46. The quantitative estimate of drug-likeness (QED) is 0.763. The molecule has 1 heterocycles. The number of nitrogens with one attached hydrogen (secondary N) is 1. The van der Waals surface area contributed by atoms with Gasteiger partial charge in [-0.3, -0.25) is 0 Å². The minimum Gasteiger partial charge on any atom is -0.314 e. The van der Waals surface area contributed by atoms with E-state index in [1.165, 1.54) is 16.7 Å². The van der Waals surface area contributed by atoms with E-state index in [1.54, 1.807) is 7.05 Å². The molecule has 0 aliphatic heterocycles. The molecule has 1 N–H and O–H groups in total. The Balaban J connectivity index is 2.66. The molecule has 0 unspecified atom stereocenters. The second-order valence-electron chi connectivity index (χ2n) is 2.00. The lowest BCUT2D eigenvalue weighted by atomic mass is 10.5. The molecule has 11 heavy (non-hydrogen) atoms. The Hall–Kier alpha value is -0.550. The molecule has 62 valence electrons. The molecule has 0 radical (unpaired) electrons. The number of aromatic nitrogens is 1. The number of hydrogen-bond acceptors (Lipinski definition) is 3. The first-order chi connectivity index (χ1) is 5.24. The molecular formula is C6H8F2N2S. The van der Waals surface area contributed by atoms with Crippen LogP contribution in [-0.4, -0.2) is 12.0 Å². The van der Waals surface area contributed by atoms with E-state index in [2.05, 4.69) is 10.3 Å². The van der Waals surface area contributed by atoms with Crippen LogP contribution in [0.1, 0.15) is 17.1 Å². The fourth-order valence-electron chi connectivity index (χ4n) is 0.658. The van der Waals surface area contributed by atoms with Crippen molar-refractivity contribution in [2.24, 2.45) is 0 Å². The highest BCUT2D eigenvalue weighted by Crippen LogP contribution is 2.20. The number of nitrogens with zero attached hydrogens (tertiary/aromatic N) is 1. The summed E-state index contributed by atoms with van der Waals surface area (Å²) in [5.74, 6) is 0. The Bertz CT molecular complexity index is 224. The summed E-state index contributed by atoms with van der Waals surface area (Å²) in [5.41, 5.74) is -0.125. The van der Waals surface area contributed by atoms with Crippen molar-refractivity contribution >= 4 is 11.3 Å². The van der Waals surface area contributed by atoms with Gasteiger partial charge in [-0.15, -0.1) is 11.3 Å². The summed E-state index contributed by atoms with van der Waals surface area (Å²) < 4.78 is 23.9. The zero-order valence-corrected chi connectivity index (χ0v) is 6.79. The molecule has 1 rings (SSSR count). The van der Waals surface area contributed by atoms with Gasteiger partial charge in [-0.2, -0.15) is 0 Å². The van der Waals surface area contributed by atoms with Crippen molar-refractivity contribution in [3.63, 3.8) is 0 Å². The van der Waals surface area contributed by atoms with Gasteiger partial charge < -0.3 is 5.32 Å². The predicted molar refractivity (Wildman–Crippen MR) is 39.8 cm³/mol. The van der Waals surface area contributed by atoms with Gasteiger partial charge in [-0.1, -0.05) is 0 Å². The van der Waals surface area contributed by atoms with Gasteiger partial charge in [0.15, 0.2) is 0 Å². The molecule has 1 aromatic heterocycles. The summed E-state index contributed by atoms with van der Waals surface area (Å²) >= 11 is 1.25. The standard InChI is InChI=1S/C6H8F2N2S/c1-9-2-5-10-4(3-11-5)6(7)8/h3,6,9H,2H2,1H3. The first-order valence-corrected chi connectivity index (χ1v) is 3.99. The van der Waals surface area contributed by atoms with Crippen LogP contribution in [0, 0.1) is 0 Å². The molecular weight excluding hydrogens is 170 g/mol. The smallest absolute Gasteiger partial charge is 0.281 e. The lowest BCUT2D eigenvalue weighted by Crippen LogP contribution is -2.04. The monoisotopic (exact) mass is 178 g/mol. The van der Waals surface area contributed by atoms with E-state index < -0.39 is 6.43 Å². The van der Waals surface area contributed by atoms with Crippen molar-refractivity contribution in [1.29, 1.82) is 0 Å². The fraction of sp³-hybridized carbons (Fsp3) is 0.500. The van der Waals surface area contributed by atoms with E-state index in [0.717, 1.165) is 0 Å². The highest BCUT2D eigenvalue weighted by atomic mass is 32.1. The van der Waals surface area contributed by atoms with Crippen LogP contribution in [0.5, 0.6) is 0 Å². The predicted octanol–water partition coefficient (Wildman–Crippen LogP) is 1.80. The highest BCUT2D eigenvalue weighted by molar-refractivity contribution is 7.09. The van der Waals surface area contributed by atoms with Crippen molar-refractivity contribution in [3.05, 3.63) is 16.1 Å². The molecule has 5 heteroatoms. The third-order valence-corrected chi connectivity index (χ3v) is 1.99. The van der Waals surface area contributed by atoms with Crippen LogP contribution in [0.3, 0.4) is 0 Å². The molecule has 0 aromatic carbocycles. The number of hydrogen-bond donors (Lipinski definition) is 1. The molecule has 0 fully saturated rings. The van der Waals surface area contributed by atoms with Gasteiger partial charge in [-0.05, 0) is 7.05 Å². The zero-order valence-electron chi connectivity index (χ0n) is 5.97. The third kappa shape index (κ3) is 2.20. The number of alkyl halides is 2.